The van der Waals surface area contributed by atoms with E-state index in [1.54, 1.807) is 0 Å². The molecule has 282 valence electrons. The van der Waals surface area contributed by atoms with Crippen molar-refractivity contribution in [1.29, 1.82) is 0 Å². The third-order valence-corrected chi connectivity index (χ3v) is 12.4. The second-order valence-corrected chi connectivity index (χ2v) is 15.6. The zero-order valence-electron chi connectivity index (χ0n) is 32.6. The highest BCUT2D eigenvalue weighted by molar-refractivity contribution is 6.06. The molecule has 3 nitrogen and oxygen atoms in total. The van der Waals surface area contributed by atoms with Crippen molar-refractivity contribution < 1.29 is 8.83 Å². The predicted molar refractivity (Wildman–Crippen MR) is 246 cm³/mol. The van der Waals surface area contributed by atoms with Crippen LogP contribution in [0.5, 0.6) is 0 Å². The first-order chi connectivity index (χ1) is 29.8. The van der Waals surface area contributed by atoms with Gasteiger partial charge in [-0.15, -0.1) is 0 Å². The van der Waals surface area contributed by atoms with E-state index in [9.17, 15) is 0 Å². The van der Waals surface area contributed by atoms with Crippen molar-refractivity contribution in [2.45, 2.75) is 5.41 Å². The number of hydrogen-bond acceptors (Lipinski definition) is 3. The molecule has 0 N–H and O–H groups in total. The lowest BCUT2D eigenvalue weighted by Crippen LogP contribution is -2.29. The van der Waals surface area contributed by atoms with Crippen LogP contribution in [0, 0.1) is 0 Å². The molecule has 0 aliphatic heterocycles. The zero-order chi connectivity index (χ0) is 39.6. The molecule has 12 rings (SSSR count). The molecule has 2 aromatic heterocycles. The molecule has 0 spiro atoms. The summed E-state index contributed by atoms with van der Waals surface area (Å²) < 4.78 is 13.3. The lowest BCUT2D eigenvalue weighted by Gasteiger charge is -2.35. The maximum absolute atomic E-state index is 6.85. The van der Waals surface area contributed by atoms with Crippen LogP contribution in [0.1, 0.15) is 22.3 Å². The Morgan fingerprint density at radius 3 is 1.48 bits per heavy atom. The molecular weight excluding hydrogens is 731 g/mol. The Kier molecular flexibility index (Phi) is 7.76. The molecule has 0 saturated carbocycles. The smallest absolute Gasteiger partial charge is 0.140 e. The summed E-state index contributed by atoms with van der Waals surface area (Å²) in [6.45, 7) is 0. The molecular formula is C57H37NO2. The fraction of sp³-hybridized carbons (Fsp3) is 0.0175. The van der Waals surface area contributed by atoms with Crippen LogP contribution in [-0.2, 0) is 5.41 Å². The Morgan fingerprint density at radius 1 is 0.317 bits per heavy atom. The summed E-state index contributed by atoms with van der Waals surface area (Å²) in [6, 6.07) is 80.3. The summed E-state index contributed by atoms with van der Waals surface area (Å²) in [5, 5.41) is 3.36. The van der Waals surface area contributed by atoms with Crippen LogP contribution < -0.4 is 4.90 Å². The highest BCUT2D eigenvalue weighted by Gasteiger charge is 2.50. The van der Waals surface area contributed by atoms with Crippen LogP contribution in [0.2, 0.25) is 0 Å². The topological polar surface area (TPSA) is 29.5 Å². The lowest BCUT2D eigenvalue weighted by atomic mass is 9.65. The molecule has 0 atom stereocenters. The van der Waals surface area contributed by atoms with Gasteiger partial charge in [0, 0.05) is 50.4 Å². The average molecular weight is 768 g/mol. The fourth-order valence-electron chi connectivity index (χ4n) is 9.76. The van der Waals surface area contributed by atoms with Crippen LogP contribution in [0.15, 0.2) is 233 Å². The quantitative estimate of drug-likeness (QED) is 0.162. The van der Waals surface area contributed by atoms with Crippen molar-refractivity contribution in [3.63, 3.8) is 0 Å². The van der Waals surface area contributed by atoms with E-state index in [0.29, 0.717) is 0 Å². The normalized spacial score (nSPS) is 12.8. The number of furan rings is 2. The van der Waals surface area contributed by atoms with Crippen molar-refractivity contribution in [2.24, 2.45) is 0 Å². The van der Waals surface area contributed by atoms with E-state index in [1.165, 1.54) is 38.9 Å². The van der Waals surface area contributed by atoms with E-state index in [2.05, 4.69) is 217 Å². The average Bonchev–Trinajstić information content (AvgIpc) is 3.99. The summed E-state index contributed by atoms with van der Waals surface area (Å²) in [6.07, 6.45) is 0. The Balaban J connectivity index is 1.04. The summed E-state index contributed by atoms with van der Waals surface area (Å²) >= 11 is 0. The largest absolute Gasteiger partial charge is 0.456 e. The Morgan fingerprint density at radius 2 is 0.817 bits per heavy atom. The lowest BCUT2D eigenvalue weighted by molar-refractivity contribution is 0.628. The zero-order valence-corrected chi connectivity index (χ0v) is 32.6. The van der Waals surface area contributed by atoms with E-state index >= 15 is 0 Å². The van der Waals surface area contributed by atoms with Crippen molar-refractivity contribution in [2.75, 3.05) is 4.90 Å². The number of hydrogen-bond donors (Lipinski definition) is 0. The second kappa shape index (κ2) is 13.6. The van der Waals surface area contributed by atoms with Gasteiger partial charge in [0.25, 0.3) is 0 Å². The maximum Gasteiger partial charge on any atom is 0.140 e. The molecule has 0 amide bonds. The van der Waals surface area contributed by atoms with Crippen molar-refractivity contribution >= 4 is 50.0 Å². The second-order valence-electron chi connectivity index (χ2n) is 15.6. The van der Waals surface area contributed by atoms with Gasteiger partial charge in [-0.1, -0.05) is 170 Å². The van der Waals surface area contributed by atoms with Crippen LogP contribution >= 0.6 is 0 Å². The van der Waals surface area contributed by atoms with Gasteiger partial charge in [-0.25, -0.2) is 0 Å². The van der Waals surface area contributed by atoms with E-state index in [4.69, 9.17) is 8.83 Å². The molecule has 11 aromatic rings. The fourth-order valence-corrected chi connectivity index (χ4v) is 9.76. The monoisotopic (exact) mass is 767 g/mol. The molecule has 0 saturated heterocycles. The SMILES string of the molecule is c1ccc(-c2ccc(N(c3ccc(-c4cccc5c4C(c4ccccc4)(c4ccccc4)c4c-5oc5ccccc45)cc3)c3ccc4c(c3)oc3ccccc34)cc2)cc1. The van der Waals surface area contributed by atoms with Gasteiger partial charge in [-0.2, -0.15) is 0 Å². The van der Waals surface area contributed by atoms with E-state index in [0.717, 1.165) is 66.9 Å². The molecule has 0 radical (unpaired) electrons. The first kappa shape index (κ1) is 34.2. The minimum absolute atomic E-state index is 0.621. The minimum Gasteiger partial charge on any atom is -0.456 e. The number of nitrogens with zero attached hydrogens (tertiary/aromatic N) is 1. The Bertz CT molecular complexity index is 3310. The predicted octanol–water partition coefficient (Wildman–Crippen LogP) is 15.5. The van der Waals surface area contributed by atoms with Crippen molar-refractivity contribution in [1.82, 2.24) is 0 Å². The molecule has 1 aliphatic rings. The van der Waals surface area contributed by atoms with E-state index in [1.807, 2.05) is 12.1 Å². The highest BCUT2D eigenvalue weighted by Crippen LogP contribution is 2.61. The standard InChI is InChI=1S/C57H37NO2/c1-4-15-38(16-5-1)39-27-31-43(32-28-39)58(45-35-36-48-47-21-10-12-25-51(47)59-53(48)37-45)44-33-29-40(30-34-44)46-23-14-24-50-54(46)57(41-17-6-2-7-18-41,42-19-8-3-9-20-42)55-49-22-11-13-26-52(49)60-56(50)55/h1-37H. The van der Waals surface area contributed by atoms with E-state index < -0.39 is 5.41 Å². The Labute approximate surface area is 348 Å². The van der Waals surface area contributed by atoms with Crippen LogP contribution in [0.3, 0.4) is 0 Å². The van der Waals surface area contributed by atoms with Gasteiger partial charge in [0.05, 0.1) is 5.41 Å². The molecule has 9 aromatic carbocycles. The number of anilines is 3. The van der Waals surface area contributed by atoms with Gasteiger partial charge >= 0.3 is 0 Å². The third-order valence-electron chi connectivity index (χ3n) is 12.4. The van der Waals surface area contributed by atoms with Crippen LogP contribution in [0.4, 0.5) is 17.1 Å². The molecule has 1 aliphatic carbocycles. The summed E-state index contributed by atoms with van der Waals surface area (Å²) in [5.41, 5.74) is 15.8. The Hall–Kier alpha value is -7.88. The van der Waals surface area contributed by atoms with Crippen LogP contribution in [-0.4, -0.2) is 0 Å². The number of benzene rings is 9. The molecule has 2 heterocycles. The van der Waals surface area contributed by atoms with Gasteiger partial charge in [-0.05, 0) is 87.5 Å². The third kappa shape index (κ3) is 5.16. The molecule has 60 heavy (non-hydrogen) atoms. The van der Waals surface area contributed by atoms with E-state index in [-0.39, 0.29) is 0 Å². The van der Waals surface area contributed by atoms with Gasteiger partial charge < -0.3 is 13.7 Å². The molecule has 0 bridgehead atoms. The summed E-state index contributed by atoms with van der Waals surface area (Å²) in [4.78, 5) is 2.32. The van der Waals surface area contributed by atoms with Gasteiger partial charge in [0.2, 0.25) is 0 Å². The first-order valence-corrected chi connectivity index (χ1v) is 20.5. The van der Waals surface area contributed by atoms with Crippen LogP contribution in [0.25, 0.3) is 66.5 Å². The van der Waals surface area contributed by atoms with Crippen molar-refractivity contribution in [3.8, 4) is 33.6 Å². The maximum atomic E-state index is 6.85. The molecule has 0 unspecified atom stereocenters. The molecule has 0 fully saturated rings. The van der Waals surface area contributed by atoms with Gasteiger partial charge in [-0.3, -0.25) is 0 Å². The summed E-state index contributed by atoms with van der Waals surface area (Å²) in [7, 11) is 0. The molecule has 3 heteroatoms. The number of para-hydroxylation sites is 2. The van der Waals surface area contributed by atoms with Crippen molar-refractivity contribution in [3.05, 3.63) is 247 Å². The number of rotatable bonds is 7. The number of fused-ring (bicyclic) bond motifs is 8. The summed E-state index contributed by atoms with van der Waals surface area (Å²) in [5.74, 6) is 0.934. The van der Waals surface area contributed by atoms with Gasteiger partial charge in [0.15, 0.2) is 0 Å². The highest BCUT2D eigenvalue weighted by atomic mass is 16.3. The first-order valence-electron chi connectivity index (χ1n) is 20.5. The minimum atomic E-state index is -0.621. The van der Waals surface area contributed by atoms with Gasteiger partial charge in [0.1, 0.15) is 22.5 Å².